The van der Waals surface area contributed by atoms with Crippen LogP contribution in [0.5, 0.6) is 0 Å². The van der Waals surface area contributed by atoms with Crippen molar-refractivity contribution in [3.63, 3.8) is 0 Å². The number of allylic oxidation sites excluding steroid dienone is 3. The van der Waals surface area contributed by atoms with Gasteiger partial charge in [0.15, 0.2) is 0 Å². The summed E-state index contributed by atoms with van der Waals surface area (Å²) in [6, 6.07) is 0. The molecule has 0 radical (unpaired) electrons. The first-order valence-corrected chi connectivity index (χ1v) is 8.79. The fourth-order valence-electron chi connectivity index (χ4n) is 2.23. The monoisotopic (exact) mass is 310 g/mol. The Morgan fingerprint density at radius 1 is 1.05 bits per heavy atom. The van der Waals surface area contributed by atoms with Gasteiger partial charge >= 0.3 is 5.97 Å². The number of carbonyl (C=O) groups excluding carboxylic acids is 1. The van der Waals surface area contributed by atoms with Gasteiger partial charge in [-0.1, -0.05) is 69.8 Å². The first-order chi connectivity index (χ1) is 10.7. The summed E-state index contributed by atoms with van der Waals surface area (Å²) < 4.78 is 4.60. The highest BCUT2D eigenvalue weighted by Crippen LogP contribution is 2.10. The second kappa shape index (κ2) is 16.3. The van der Waals surface area contributed by atoms with Crippen LogP contribution in [0.25, 0.3) is 0 Å². The molecule has 22 heavy (non-hydrogen) atoms. The molecule has 0 bridgehead atoms. The van der Waals surface area contributed by atoms with E-state index in [-0.39, 0.29) is 12.1 Å². The van der Waals surface area contributed by atoms with E-state index in [1.165, 1.54) is 26.4 Å². The molecule has 0 aromatic rings. The summed E-state index contributed by atoms with van der Waals surface area (Å²) in [4.78, 5) is 10.9. The third kappa shape index (κ3) is 15.3. The molecule has 128 valence electrons. The molecular formula is C19H34O3. The van der Waals surface area contributed by atoms with E-state index in [1.807, 2.05) is 18.2 Å². The third-order valence-corrected chi connectivity index (χ3v) is 3.66. The predicted octanol–water partition coefficient (Wildman–Crippen LogP) is 4.94. The Labute approximate surface area is 136 Å². The molecule has 0 aliphatic rings. The van der Waals surface area contributed by atoms with Crippen molar-refractivity contribution in [2.24, 2.45) is 0 Å². The Bertz CT molecular complexity index is 308. The number of aliphatic hydroxyl groups excluding tert-OH is 1. The lowest BCUT2D eigenvalue weighted by Gasteiger charge is -2.05. The van der Waals surface area contributed by atoms with Crippen LogP contribution in [0.2, 0.25) is 0 Å². The minimum absolute atomic E-state index is 0.122. The zero-order valence-corrected chi connectivity index (χ0v) is 14.4. The summed E-state index contributed by atoms with van der Waals surface area (Å²) in [5, 5.41) is 9.82. The molecule has 1 N–H and O–H groups in total. The maximum atomic E-state index is 10.9. The fraction of sp³-hybridized carbons (Fsp3) is 0.737. The fourth-order valence-corrected chi connectivity index (χ4v) is 2.23. The average molecular weight is 310 g/mol. The molecule has 0 heterocycles. The third-order valence-electron chi connectivity index (χ3n) is 3.66. The van der Waals surface area contributed by atoms with Gasteiger partial charge in [0, 0.05) is 6.42 Å². The number of ether oxygens (including phenoxy) is 1. The summed E-state index contributed by atoms with van der Waals surface area (Å²) in [5.74, 6) is -0.122. The molecule has 0 aromatic carbocycles. The highest BCUT2D eigenvalue weighted by molar-refractivity contribution is 5.68. The second-order valence-corrected chi connectivity index (χ2v) is 5.76. The van der Waals surface area contributed by atoms with Crippen LogP contribution in [0.15, 0.2) is 24.3 Å². The molecule has 0 amide bonds. The first-order valence-electron chi connectivity index (χ1n) is 8.79. The summed E-state index contributed by atoms with van der Waals surface area (Å²) >= 11 is 0. The van der Waals surface area contributed by atoms with Gasteiger partial charge in [-0.2, -0.15) is 0 Å². The lowest BCUT2D eigenvalue weighted by Crippen LogP contribution is -2.01. The zero-order chi connectivity index (χ0) is 16.5. The zero-order valence-electron chi connectivity index (χ0n) is 14.4. The van der Waals surface area contributed by atoms with Gasteiger partial charge in [-0.25, -0.2) is 0 Å². The van der Waals surface area contributed by atoms with E-state index in [4.69, 9.17) is 0 Å². The van der Waals surface area contributed by atoms with Gasteiger partial charge in [0.25, 0.3) is 0 Å². The van der Waals surface area contributed by atoms with Gasteiger partial charge in [-0.05, 0) is 25.7 Å². The van der Waals surface area contributed by atoms with E-state index >= 15 is 0 Å². The number of rotatable bonds is 14. The number of aliphatic hydroxyl groups is 1. The maximum Gasteiger partial charge on any atom is 0.305 e. The van der Waals surface area contributed by atoms with Crippen LogP contribution in [0.1, 0.15) is 77.6 Å². The lowest BCUT2D eigenvalue weighted by atomic mass is 10.1. The lowest BCUT2D eigenvalue weighted by molar-refractivity contribution is -0.140. The van der Waals surface area contributed by atoms with E-state index in [0.717, 1.165) is 44.9 Å². The van der Waals surface area contributed by atoms with Gasteiger partial charge in [0.2, 0.25) is 0 Å². The van der Waals surface area contributed by atoms with Crippen molar-refractivity contribution < 1.29 is 14.6 Å². The molecule has 0 fully saturated rings. The molecule has 3 heteroatoms. The van der Waals surface area contributed by atoms with Crippen molar-refractivity contribution in [2.45, 2.75) is 83.7 Å². The summed E-state index contributed by atoms with van der Waals surface area (Å²) in [5.41, 5.74) is 0. The summed E-state index contributed by atoms with van der Waals surface area (Å²) in [7, 11) is 1.43. The number of carbonyl (C=O) groups is 1. The van der Waals surface area contributed by atoms with E-state index in [0.29, 0.717) is 6.42 Å². The molecule has 0 spiro atoms. The molecule has 0 aliphatic heterocycles. The number of hydrogen-bond acceptors (Lipinski definition) is 3. The number of unbranched alkanes of at least 4 members (excludes halogenated alkanes) is 7. The van der Waals surface area contributed by atoms with Crippen molar-refractivity contribution in [3.05, 3.63) is 24.3 Å². The van der Waals surface area contributed by atoms with Crippen molar-refractivity contribution in [1.82, 2.24) is 0 Å². The highest BCUT2D eigenvalue weighted by Gasteiger charge is 2.00. The number of hydrogen-bond donors (Lipinski definition) is 1. The van der Waals surface area contributed by atoms with Crippen LogP contribution in [-0.4, -0.2) is 24.3 Å². The van der Waals surface area contributed by atoms with Crippen LogP contribution in [0.3, 0.4) is 0 Å². The standard InChI is InChI=1S/C19H34O3/c1-3-4-5-6-7-9-12-15-18(20)16-13-10-8-11-14-17-19(21)22-2/h7,9,12,15,18,20H,3-6,8,10-11,13-14,16-17H2,1-2H3/t18-/m1/s1. The molecule has 0 aromatic heterocycles. The molecule has 0 rings (SSSR count). The number of methoxy groups -OCH3 is 1. The second-order valence-electron chi connectivity index (χ2n) is 5.76. The minimum atomic E-state index is -0.338. The smallest absolute Gasteiger partial charge is 0.305 e. The van der Waals surface area contributed by atoms with Crippen molar-refractivity contribution in [3.8, 4) is 0 Å². The van der Waals surface area contributed by atoms with Crippen LogP contribution >= 0.6 is 0 Å². The van der Waals surface area contributed by atoms with Gasteiger partial charge in [0.05, 0.1) is 13.2 Å². The highest BCUT2D eigenvalue weighted by atomic mass is 16.5. The van der Waals surface area contributed by atoms with E-state index in [9.17, 15) is 9.90 Å². The molecule has 0 saturated carbocycles. The van der Waals surface area contributed by atoms with E-state index in [2.05, 4.69) is 17.7 Å². The van der Waals surface area contributed by atoms with Gasteiger partial charge in [0.1, 0.15) is 0 Å². The quantitative estimate of drug-likeness (QED) is 0.281. The largest absolute Gasteiger partial charge is 0.469 e. The Morgan fingerprint density at radius 2 is 1.77 bits per heavy atom. The van der Waals surface area contributed by atoms with E-state index in [1.54, 1.807) is 0 Å². The molecule has 0 unspecified atom stereocenters. The molecule has 3 nitrogen and oxygen atoms in total. The molecule has 0 aliphatic carbocycles. The molecular weight excluding hydrogens is 276 g/mol. The topological polar surface area (TPSA) is 46.5 Å². The van der Waals surface area contributed by atoms with Crippen LogP contribution in [0.4, 0.5) is 0 Å². The Hall–Kier alpha value is -1.09. The van der Waals surface area contributed by atoms with Crippen LogP contribution in [0, 0.1) is 0 Å². The number of esters is 1. The Balaban J connectivity index is 3.41. The van der Waals surface area contributed by atoms with Crippen molar-refractivity contribution >= 4 is 5.97 Å². The van der Waals surface area contributed by atoms with Crippen molar-refractivity contribution in [2.75, 3.05) is 7.11 Å². The summed E-state index contributed by atoms with van der Waals surface area (Å²) in [6.07, 6.45) is 19.2. The van der Waals surface area contributed by atoms with E-state index < -0.39 is 0 Å². The van der Waals surface area contributed by atoms with Crippen LogP contribution < -0.4 is 0 Å². The van der Waals surface area contributed by atoms with Crippen molar-refractivity contribution in [1.29, 1.82) is 0 Å². The van der Waals surface area contributed by atoms with Crippen LogP contribution in [-0.2, 0) is 9.53 Å². The van der Waals surface area contributed by atoms with Gasteiger partial charge in [-0.3, -0.25) is 4.79 Å². The minimum Gasteiger partial charge on any atom is -0.469 e. The molecule has 0 saturated heterocycles. The molecule has 1 atom stereocenters. The maximum absolute atomic E-state index is 10.9. The average Bonchev–Trinajstić information content (AvgIpc) is 2.52. The Morgan fingerprint density at radius 3 is 2.50 bits per heavy atom. The predicted molar refractivity (Wildman–Crippen MR) is 92.8 cm³/mol. The summed E-state index contributed by atoms with van der Waals surface area (Å²) in [6.45, 7) is 2.21. The van der Waals surface area contributed by atoms with Gasteiger partial charge < -0.3 is 9.84 Å². The van der Waals surface area contributed by atoms with Gasteiger partial charge in [-0.15, -0.1) is 0 Å². The normalized spacial score (nSPS) is 13.0. The SMILES string of the molecule is CCCCCC=CC=C[C@@H](O)CCCCCCCC(=O)OC. The first kappa shape index (κ1) is 20.9. The Kier molecular flexibility index (Phi) is 15.5.